The molecule has 0 unspecified atom stereocenters. The molecule has 2 aromatic rings. The summed E-state index contributed by atoms with van der Waals surface area (Å²) in [5.41, 5.74) is 0.688. The molecule has 0 bridgehead atoms. The number of rotatable bonds is 6. The highest BCUT2D eigenvalue weighted by Crippen LogP contribution is 2.25. The first kappa shape index (κ1) is 21.6. The van der Waals surface area contributed by atoms with Crippen molar-refractivity contribution in [3.8, 4) is 5.75 Å². The lowest BCUT2D eigenvalue weighted by Crippen LogP contribution is -2.52. The molecule has 1 saturated heterocycles. The summed E-state index contributed by atoms with van der Waals surface area (Å²) in [5, 5.41) is 9.06. The predicted molar refractivity (Wildman–Crippen MR) is 112 cm³/mol. The second-order valence-corrected chi connectivity index (χ2v) is 7.10. The Hall–Kier alpha value is -3.13. The summed E-state index contributed by atoms with van der Waals surface area (Å²) in [7, 11) is 1.54. The van der Waals surface area contributed by atoms with Gasteiger partial charge in [-0.25, -0.2) is 14.0 Å². The molecule has 0 aromatic heterocycles. The van der Waals surface area contributed by atoms with E-state index in [0.29, 0.717) is 24.5 Å². The zero-order chi connectivity index (χ0) is 21.7. The molecule has 1 N–H and O–H groups in total. The standard InChI is InChI=1S/C22H26FN3O4/c1-3-24-9-11-25(12-10-24)22(29)26(18-5-4-6-19(14-18)30-2)15-17-8-7-16(21(27)28)13-20(17)23/h4-8,13-14H,3,9-12,15H2,1-2H3,(H,27,28). The van der Waals surface area contributed by atoms with Crippen LogP contribution in [0.15, 0.2) is 42.5 Å². The minimum Gasteiger partial charge on any atom is -0.497 e. The maximum atomic E-state index is 14.6. The quantitative estimate of drug-likeness (QED) is 0.784. The molecular formula is C22H26FN3O4. The van der Waals surface area contributed by atoms with Crippen LogP contribution in [0.1, 0.15) is 22.8 Å². The number of urea groups is 1. The predicted octanol–water partition coefficient (Wildman–Crippen LogP) is 3.30. The van der Waals surface area contributed by atoms with Gasteiger partial charge < -0.3 is 19.6 Å². The number of carbonyl (C=O) groups is 2. The Balaban J connectivity index is 1.90. The van der Waals surface area contributed by atoms with E-state index in [-0.39, 0.29) is 23.7 Å². The van der Waals surface area contributed by atoms with Gasteiger partial charge >= 0.3 is 12.0 Å². The molecule has 1 aliphatic heterocycles. The molecule has 7 nitrogen and oxygen atoms in total. The molecule has 0 spiro atoms. The summed E-state index contributed by atoms with van der Waals surface area (Å²) in [6, 6.07) is 10.5. The van der Waals surface area contributed by atoms with Gasteiger partial charge in [-0.05, 0) is 30.8 Å². The largest absolute Gasteiger partial charge is 0.497 e. The van der Waals surface area contributed by atoms with Crippen molar-refractivity contribution in [1.29, 1.82) is 0 Å². The highest BCUT2D eigenvalue weighted by atomic mass is 19.1. The second kappa shape index (κ2) is 9.58. The van der Waals surface area contributed by atoms with Gasteiger partial charge in [-0.1, -0.05) is 19.1 Å². The van der Waals surface area contributed by atoms with Gasteiger partial charge in [0.15, 0.2) is 0 Å². The highest BCUT2D eigenvalue weighted by molar-refractivity contribution is 5.92. The van der Waals surface area contributed by atoms with Crippen molar-refractivity contribution in [2.45, 2.75) is 13.5 Å². The minimum absolute atomic E-state index is 0.0221. The lowest BCUT2D eigenvalue weighted by atomic mass is 10.1. The average molecular weight is 415 g/mol. The molecule has 0 radical (unpaired) electrons. The van der Waals surface area contributed by atoms with E-state index in [1.54, 1.807) is 36.3 Å². The van der Waals surface area contributed by atoms with Crippen LogP contribution in [0, 0.1) is 5.82 Å². The summed E-state index contributed by atoms with van der Waals surface area (Å²) < 4.78 is 19.9. The van der Waals surface area contributed by atoms with Crippen LogP contribution >= 0.6 is 0 Å². The number of benzene rings is 2. The van der Waals surface area contributed by atoms with Gasteiger partial charge in [0.25, 0.3) is 0 Å². The first-order valence-electron chi connectivity index (χ1n) is 9.87. The fourth-order valence-corrected chi connectivity index (χ4v) is 3.45. The van der Waals surface area contributed by atoms with Crippen LogP contribution in [-0.4, -0.2) is 66.7 Å². The van der Waals surface area contributed by atoms with E-state index < -0.39 is 11.8 Å². The zero-order valence-electron chi connectivity index (χ0n) is 17.2. The Morgan fingerprint density at radius 1 is 1.13 bits per heavy atom. The molecule has 160 valence electrons. The van der Waals surface area contributed by atoms with Gasteiger partial charge in [0, 0.05) is 43.5 Å². The Labute approximate surface area is 175 Å². The Morgan fingerprint density at radius 3 is 2.47 bits per heavy atom. The number of hydrogen-bond donors (Lipinski definition) is 1. The number of piperazine rings is 1. The number of nitrogens with zero attached hydrogens (tertiary/aromatic N) is 3. The molecule has 2 aromatic carbocycles. The number of likely N-dealkylation sites (N-methyl/N-ethyl adjacent to an activating group) is 1. The van der Waals surface area contributed by atoms with E-state index >= 15 is 0 Å². The van der Waals surface area contributed by atoms with E-state index in [0.717, 1.165) is 25.7 Å². The average Bonchev–Trinajstić information content (AvgIpc) is 2.77. The number of ether oxygens (including phenoxy) is 1. The molecule has 8 heteroatoms. The first-order valence-corrected chi connectivity index (χ1v) is 9.87. The number of amides is 2. The van der Waals surface area contributed by atoms with Crippen LogP contribution in [0.4, 0.5) is 14.9 Å². The lowest BCUT2D eigenvalue weighted by molar-refractivity contribution is 0.0696. The second-order valence-electron chi connectivity index (χ2n) is 7.10. The van der Waals surface area contributed by atoms with Crippen molar-refractivity contribution in [1.82, 2.24) is 9.80 Å². The fourth-order valence-electron chi connectivity index (χ4n) is 3.45. The van der Waals surface area contributed by atoms with Gasteiger partial charge in [0.05, 0.1) is 19.2 Å². The van der Waals surface area contributed by atoms with E-state index in [4.69, 9.17) is 9.84 Å². The number of aromatic carboxylic acids is 1. The van der Waals surface area contributed by atoms with Crippen molar-refractivity contribution < 1.29 is 23.8 Å². The van der Waals surface area contributed by atoms with Gasteiger partial charge in [-0.3, -0.25) is 4.90 Å². The van der Waals surface area contributed by atoms with Crippen LogP contribution < -0.4 is 9.64 Å². The lowest BCUT2D eigenvalue weighted by Gasteiger charge is -2.37. The number of carbonyl (C=O) groups excluding carboxylic acids is 1. The number of carboxylic acid groups (broad SMARTS) is 1. The molecule has 1 fully saturated rings. The molecular weight excluding hydrogens is 389 g/mol. The van der Waals surface area contributed by atoms with Crippen LogP contribution in [0.2, 0.25) is 0 Å². The summed E-state index contributed by atoms with van der Waals surface area (Å²) in [5.74, 6) is -1.27. The molecule has 0 aliphatic carbocycles. The van der Waals surface area contributed by atoms with Crippen LogP contribution in [0.3, 0.4) is 0 Å². The Kier molecular flexibility index (Phi) is 6.89. The maximum absolute atomic E-state index is 14.6. The highest BCUT2D eigenvalue weighted by Gasteiger charge is 2.27. The summed E-state index contributed by atoms with van der Waals surface area (Å²) >= 11 is 0. The molecule has 0 saturated carbocycles. The number of carboxylic acids is 1. The van der Waals surface area contributed by atoms with Crippen LogP contribution in [0.5, 0.6) is 5.75 Å². The normalized spacial score (nSPS) is 14.4. The molecule has 1 aliphatic rings. The minimum atomic E-state index is -1.20. The molecule has 0 atom stereocenters. The number of anilines is 1. The summed E-state index contributed by atoms with van der Waals surface area (Å²) in [4.78, 5) is 30.0. The first-order chi connectivity index (χ1) is 14.4. The molecule has 2 amide bonds. The van der Waals surface area contributed by atoms with E-state index in [2.05, 4.69) is 11.8 Å². The van der Waals surface area contributed by atoms with Gasteiger partial charge in [0.1, 0.15) is 11.6 Å². The van der Waals surface area contributed by atoms with E-state index in [1.165, 1.54) is 17.0 Å². The molecule has 3 rings (SSSR count). The van der Waals surface area contributed by atoms with Crippen LogP contribution in [-0.2, 0) is 6.54 Å². The van der Waals surface area contributed by atoms with Gasteiger partial charge in [-0.2, -0.15) is 0 Å². The zero-order valence-corrected chi connectivity index (χ0v) is 17.2. The molecule has 1 heterocycles. The topological polar surface area (TPSA) is 73.3 Å². The third-order valence-electron chi connectivity index (χ3n) is 5.31. The Morgan fingerprint density at radius 2 is 1.87 bits per heavy atom. The SMILES string of the molecule is CCN1CCN(C(=O)N(Cc2ccc(C(=O)O)cc2F)c2cccc(OC)c2)CC1. The number of hydrogen-bond acceptors (Lipinski definition) is 4. The number of methoxy groups -OCH3 is 1. The van der Waals surface area contributed by atoms with Crippen molar-refractivity contribution in [2.24, 2.45) is 0 Å². The monoisotopic (exact) mass is 415 g/mol. The third kappa shape index (κ3) is 4.88. The molecule has 30 heavy (non-hydrogen) atoms. The summed E-state index contributed by atoms with van der Waals surface area (Å²) in [6.45, 7) is 5.75. The van der Waals surface area contributed by atoms with Gasteiger partial charge in [-0.15, -0.1) is 0 Å². The van der Waals surface area contributed by atoms with Crippen LogP contribution in [0.25, 0.3) is 0 Å². The summed E-state index contributed by atoms with van der Waals surface area (Å²) in [6.07, 6.45) is 0. The number of halogens is 1. The third-order valence-corrected chi connectivity index (χ3v) is 5.31. The van der Waals surface area contributed by atoms with Crippen molar-refractivity contribution >= 4 is 17.7 Å². The van der Waals surface area contributed by atoms with Crippen molar-refractivity contribution in [3.63, 3.8) is 0 Å². The van der Waals surface area contributed by atoms with E-state index in [9.17, 15) is 14.0 Å². The fraction of sp³-hybridized carbons (Fsp3) is 0.364. The van der Waals surface area contributed by atoms with Crippen molar-refractivity contribution in [2.75, 3.05) is 44.7 Å². The maximum Gasteiger partial charge on any atom is 0.335 e. The van der Waals surface area contributed by atoms with Crippen molar-refractivity contribution in [3.05, 3.63) is 59.4 Å². The van der Waals surface area contributed by atoms with Gasteiger partial charge in [0.2, 0.25) is 0 Å². The smallest absolute Gasteiger partial charge is 0.335 e. The Bertz CT molecular complexity index is 913. The van der Waals surface area contributed by atoms with E-state index in [1.807, 2.05) is 0 Å².